The van der Waals surface area contributed by atoms with Gasteiger partial charge < -0.3 is 0 Å². The van der Waals surface area contributed by atoms with E-state index in [9.17, 15) is 0 Å². The molecule has 0 amide bonds. The van der Waals surface area contributed by atoms with Crippen molar-refractivity contribution in [1.29, 1.82) is 0 Å². The van der Waals surface area contributed by atoms with E-state index in [1.165, 1.54) is 10.3 Å². The molecule has 41 heavy (non-hydrogen) atoms. The fraction of sp³-hybridized carbons (Fsp3) is 0.0541. The van der Waals surface area contributed by atoms with Crippen LogP contribution in [0.5, 0.6) is 0 Å². The molecule has 3 nitrogen and oxygen atoms in total. The molecule has 0 radical (unpaired) electrons. The van der Waals surface area contributed by atoms with Gasteiger partial charge in [-0.25, -0.2) is 15.0 Å². The van der Waals surface area contributed by atoms with Gasteiger partial charge in [0.15, 0.2) is 0 Å². The molecule has 0 aliphatic rings. The van der Waals surface area contributed by atoms with Crippen molar-refractivity contribution in [2.24, 2.45) is 0 Å². The second-order valence-electron chi connectivity index (χ2n) is 10.1. The molecule has 0 N–H and O–H groups in total. The third kappa shape index (κ3) is 4.73. The molecule has 0 fully saturated rings. The minimum absolute atomic E-state index is 0.947. The first-order valence-corrected chi connectivity index (χ1v) is 14.6. The highest BCUT2D eigenvalue weighted by atomic mass is 32.1. The van der Waals surface area contributed by atoms with Crippen molar-refractivity contribution < 1.29 is 0 Å². The van der Waals surface area contributed by atoms with E-state index in [4.69, 9.17) is 15.0 Å². The van der Waals surface area contributed by atoms with Crippen molar-refractivity contribution in [3.63, 3.8) is 0 Å². The molecule has 0 aliphatic heterocycles. The molecule has 4 heteroatoms. The normalized spacial score (nSPS) is 12.0. The highest BCUT2D eigenvalue weighted by Crippen LogP contribution is 2.35. The highest BCUT2D eigenvalue weighted by molar-refractivity contribution is 7.21. The van der Waals surface area contributed by atoms with E-state index in [1.54, 1.807) is 11.3 Å². The largest absolute Gasteiger partial charge is 0.247 e. The van der Waals surface area contributed by atoms with E-state index in [0.29, 0.717) is 0 Å². The van der Waals surface area contributed by atoms with E-state index >= 15 is 0 Å². The quantitative estimate of drug-likeness (QED) is 0.159. The van der Waals surface area contributed by atoms with Crippen LogP contribution in [0.1, 0.15) is 18.2 Å². The first-order chi connectivity index (χ1) is 20.2. The van der Waals surface area contributed by atoms with Gasteiger partial charge in [-0.3, -0.25) is 0 Å². The van der Waals surface area contributed by atoms with Gasteiger partial charge in [-0.05, 0) is 66.9 Å². The van der Waals surface area contributed by atoms with E-state index in [0.717, 1.165) is 66.0 Å². The molecule has 0 spiro atoms. The minimum atomic E-state index is 0.947. The number of nitrogens with zero attached hydrogens (tertiary/aromatic N) is 3. The van der Waals surface area contributed by atoms with Gasteiger partial charge in [0.2, 0.25) is 0 Å². The number of rotatable bonds is 5. The summed E-state index contributed by atoms with van der Waals surface area (Å²) in [6, 6.07) is 36.1. The van der Waals surface area contributed by atoms with Crippen molar-refractivity contribution >= 4 is 49.4 Å². The molecule has 3 heterocycles. The topological polar surface area (TPSA) is 38.7 Å². The van der Waals surface area contributed by atoms with Gasteiger partial charge in [0.25, 0.3) is 0 Å². The summed E-state index contributed by atoms with van der Waals surface area (Å²) in [7, 11) is 0. The monoisotopic (exact) mass is 545 g/mol. The van der Waals surface area contributed by atoms with Crippen LogP contribution in [0.2, 0.25) is 0 Å². The average molecular weight is 546 g/mol. The van der Waals surface area contributed by atoms with Crippen molar-refractivity contribution in [2.45, 2.75) is 13.8 Å². The summed E-state index contributed by atoms with van der Waals surface area (Å²) in [6.07, 6.45) is 8.15. The Kier molecular flexibility index (Phi) is 6.46. The Morgan fingerprint density at radius 1 is 0.610 bits per heavy atom. The summed E-state index contributed by atoms with van der Waals surface area (Å²) in [6.45, 7) is 4.13. The maximum atomic E-state index is 5.12. The molecular formula is C37H27N3S. The second kappa shape index (κ2) is 10.6. The number of aromatic nitrogens is 3. The molecule has 4 aromatic carbocycles. The van der Waals surface area contributed by atoms with Crippen LogP contribution in [0.3, 0.4) is 0 Å². The molecule has 3 aromatic heterocycles. The zero-order valence-corrected chi connectivity index (χ0v) is 23.7. The van der Waals surface area contributed by atoms with E-state index in [-0.39, 0.29) is 0 Å². The van der Waals surface area contributed by atoms with Gasteiger partial charge in [-0.2, -0.15) is 0 Å². The molecule has 196 valence electrons. The fourth-order valence-corrected chi connectivity index (χ4v) is 6.22. The van der Waals surface area contributed by atoms with E-state index < -0.39 is 0 Å². The highest BCUT2D eigenvalue weighted by Gasteiger charge is 2.14. The Bertz CT molecular complexity index is 2080. The predicted molar refractivity (Wildman–Crippen MR) is 175 cm³/mol. The van der Waals surface area contributed by atoms with Crippen LogP contribution < -0.4 is 0 Å². The van der Waals surface area contributed by atoms with Crippen LogP contribution in [-0.4, -0.2) is 15.0 Å². The number of hydrogen-bond acceptors (Lipinski definition) is 4. The lowest BCUT2D eigenvalue weighted by atomic mass is 9.98. The number of allylic oxidation sites excluding steroid dienone is 3. The van der Waals surface area contributed by atoms with Gasteiger partial charge in [0, 0.05) is 21.9 Å². The molecule has 0 atom stereocenters. The van der Waals surface area contributed by atoms with Gasteiger partial charge in [0.1, 0.15) is 5.01 Å². The standard InChI is InChI=1S/C37H27N3S/c1-3-4-5-14-31-24(2)22-30-35(39-32-15-7-6-13-29(32)36(30)38-31)26-20-18-25(19-21-26)27-11-10-12-28(23-27)37-40-33-16-8-9-17-34(33)41-37/h3-23H,1-2H3/b4-3-,14-5-. The summed E-state index contributed by atoms with van der Waals surface area (Å²) < 4.78 is 1.21. The minimum Gasteiger partial charge on any atom is -0.247 e. The van der Waals surface area contributed by atoms with Crippen LogP contribution in [0.15, 0.2) is 121 Å². The van der Waals surface area contributed by atoms with Crippen LogP contribution >= 0.6 is 11.3 Å². The average Bonchev–Trinajstić information content (AvgIpc) is 3.46. The van der Waals surface area contributed by atoms with Gasteiger partial charge in [-0.15, -0.1) is 11.3 Å². The molecule has 7 aromatic rings. The maximum Gasteiger partial charge on any atom is 0.124 e. The SMILES string of the molecule is C/C=C\C=C/c1nc2c(cc1C)c(-c1ccc(-c3cccc(-c4nc5ccccc5s4)c3)cc1)nc1ccccc12. The van der Waals surface area contributed by atoms with Crippen LogP contribution in [-0.2, 0) is 0 Å². The summed E-state index contributed by atoms with van der Waals surface area (Å²) in [5.74, 6) is 0. The summed E-state index contributed by atoms with van der Waals surface area (Å²) >= 11 is 1.73. The Hall–Kier alpha value is -4.93. The molecule has 0 saturated heterocycles. The molecule has 0 bridgehead atoms. The summed E-state index contributed by atoms with van der Waals surface area (Å²) in [5.41, 5.74) is 10.6. The number of aryl methyl sites for hydroxylation is 1. The van der Waals surface area contributed by atoms with Crippen LogP contribution in [0.4, 0.5) is 0 Å². The Morgan fingerprint density at radius 3 is 2.20 bits per heavy atom. The molecule has 0 aliphatic carbocycles. The number of benzene rings is 4. The molecule has 7 rings (SSSR count). The number of pyridine rings is 2. The van der Waals surface area contributed by atoms with E-state index in [1.807, 2.05) is 37.3 Å². The fourth-order valence-electron chi connectivity index (χ4n) is 5.26. The van der Waals surface area contributed by atoms with E-state index in [2.05, 4.69) is 104 Å². The van der Waals surface area contributed by atoms with Crippen LogP contribution in [0, 0.1) is 6.92 Å². The summed E-state index contributed by atoms with van der Waals surface area (Å²) in [5, 5.41) is 3.17. The first-order valence-electron chi connectivity index (χ1n) is 13.7. The van der Waals surface area contributed by atoms with Crippen molar-refractivity contribution in [3.8, 4) is 33.0 Å². The van der Waals surface area contributed by atoms with Gasteiger partial charge in [0.05, 0.1) is 32.6 Å². The van der Waals surface area contributed by atoms with Gasteiger partial charge in [-0.1, -0.05) is 91.0 Å². The Labute approximate surface area is 243 Å². The zero-order chi connectivity index (χ0) is 27.8. The third-order valence-electron chi connectivity index (χ3n) is 7.35. The predicted octanol–water partition coefficient (Wildman–Crippen LogP) is 10.3. The van der Waals surface area contributed by atoms with Crippen molar-refractivity contribution in [2.75, 3.05) is 0 Å². The number of hydrogen-bond donors (Lipinski definition) is 0. The lowest BCUT2D eigenvalue weighted by Gasteiger charge is -2.12. The smallest absolute Gasteiger partial charge is 0.124 e. The molecule has 0 saturated carbocycles. The second-order valence-corrected chi connectivity index (χ2v) is 11.1. The molecule has 0 unspecified atom stereocenters. The zero-order valence-electron chi connectivity index (χ0n) is 22.9. The van der Waals surface area contributed by atoms with Crippen molar-refractivity contribution in [1.82, 2.24) is 15.0 Å². The first kappa shape index (κ1) is 25.1. The third-order valence-corrected chi connectivity index (χ3v) is 8.44. The van der Waals surface area contributed by atoms with Crippen molar-refractivity contribution in [3.05, 3.63) is 133 Å². The number of para-hydroxylation sites is 2. The lowest BCUT2D eigenvalue weighted by molar-refractivity contribution is 1.29. The maximum absolute atomic E-state index is 5.12. The Balaban J connectivity index is 1.30. The number of thiazole rings is 1. The Morgan fingerprint density at radius 2 is 1.37 bits per heavy atom. The number of fused-ring (bicyclic) bond motifs is 4. The molecular weight excluding hydrogens is 518 g/mol. The van der Waals surface area contributed by atoms with Gasteiger partial charge >= 0.3 is 0 Å². The summed E-state index contributed by atoms with van der Waals surface area (Å²) in [4.78, 5) is 15.1. The van der Waals surface area contributed by atoms with Crippen LogP contribution in [0.25, 0.3) is 71.1 Å². The lowest BCUT2D eigenvalue weighted by Crippen LogP contribution is -1.95.